The molecule has 7 nitrogen and oxygen atoms in total. The standard InChI is InChI=1S/C22H25NO6/c1-14(24)23-18-19(25)20-17(13-27-21(29-20)16-10-6-3-7-11-16)28-22(18)26-12-15-8-4-2-5-9-15/h2-11,17-22,25H,12-13H2,1H3,(H,23,24)/t17?,18?,19-,20-,21?,22+/m1/s1. The molecule has 0 aliphatic carbocycles. The highest BCUT2D eigenvalue weighted by atomic mass is 16.7. The topological polar surface area (TPSA) is 86.3 Å². The Hall–Kier alpha value is -2.29. The molecule has 29 heavy (non-hydrogen) atoms. The maximum atomic E-state index is 11.7. The van der Waals surface area contributed by atoms with Crippen molar-refractivity contribution in [2.24, 2.45) is 0 Å². The van der Waals surface area contributed by atoms with Crippen molar-refractivity contribution in [1.82, 2.24) is 5.32 Å². The van der Waals surface area contributed by atoms with Crippen molar-refractivity contribution in [1.29, 1.82) is 0 Å². The summed E-state index contributed by atoms with van der Waals surface area (Å²) in [5, 5.41) is 13.7. The highest BCUT2D eigenvalue weighted by Crippen LogP contribution is 2.34. The maximum Gasteiger partial charge on any atom is 0.217 e. The largest absolute Gasteiger partial charge is 0.388 e. The van der Waals surface area contributed by atoms with E-state index >= 15 is 0 Å². The number of ether oxygens (including phenoxy) is 4. The SMILES string of the molecule is CC(=O)NC1[C@@H](OCc2ccccc2)OC2COC(c3ccccc3)O[C@H]2[C@@H]1O. The molecule has 0 bridgehead atoms. The number of fused-ring (bicyclic) bond motifs is 1. The van der Waals surface area contributed by atoms with Crippen LogP contribution in [0.1, 0.15) is 24.3 Å². The van der Waals surface area contributed by atoms with E-state index in [9.17, 15) is 9.90 Å². The first kappa shape index (κ1) is 20.0. The molecule has 0 saturated carbocycles. The summed E-state index contributed by atoms with van der Waals surface area (Å²) in [6.45, 7) is 1.93. The minimum Gasteiger partial charge on any atom is -0.388 e. The third-order valence-electron chi connectivity index (χ3n) is 5.06. The van der Waals surface area contributed by atoms with Crippen molar-refractivity contribution >= 4 is 5.91 Å². The Morgan fingerprint density at radius 3 is 2.48 bits per heavy atom. The molecule has 2 aromatic rings. The molecule has 4 rings (SSSR count). The summed E-state index contributed by atoms with van der Waals surface area (Å²) in [6.07, 6.45) is -3.59. The number of aliphatic hydroxyl groups is 1. The van der Waals surface area contributed by atoms with E-state index in [1.54, 1.807) is 0 Å². The lowest BCUT2D eigenvalue weighted by Crippen LogP contribution is -2.66. The van der Waals surface area contributed by atoms with Gasteiger partial charge >= 0.3 is 0 Å². The van der Waals surface area contributed by atoms with Gasteiger partial charge in [0.2, 0.25) is 5.91 Å². The molecule has 2 aliphatic rings. The highest BCUT2D eigenvalue weighted by Gasteiger charge is 2.50. The Kier molecular flexibility index (Phi) is 6.22. The highest BCUT2D eigenvalue weighted by molar-refractivity contribution is 5.73. The second-order valence-corrected chi connectivity index (χ2v) is 7.23. The van der Waals surface area contributed by atoms with Crippen molar-refractivity contribution < 1.29 is 28.8 Å². The van der Waals surface area contributed by atoms with E-state index in [-0.39, 0.29) is 12.5 Å². The number of hydrogen-bond acceptors (Lipinski definition) is 6. The average molecular weight is 399 g/mol. The molecule has 2 saturated heterocycles. The number of carbonyl (C=O) groups is 1. The van der Waals surface area contributed by atoms with E-state index in [0.29, 0.717) is 6.61 Å². The molecule has 2 heterocycles. The van der Waals surface area contributed by atoms with Crippen molar-refractivity contribution in [3.05, 3.63) is 71.8 Å². The summed E-state index contributed by atoms with van der Waals surface area (Å²) in [4.78, 5) is 11.7. The fourth-order valence-electron chi connectivity index (χ4n) is 3.65. The first-order valence-electron chi connectivity index (χ1n) is 9.70. The third-order valence-corrected chi connectivity index (χ3v) is 5.06. The van der Waals surface area contributed by atoms with Gasteiger partial charge in [-0.2, -0.15) is 0 Å². The molecule has 1 amide bonds. The van der Waals surface area contributed by atoms with E-state index in [1.165, 1.54) is 6.92 Å². The van der Waals surface area contributed by atoms with Crippen LogP contribution in [-0.2, 0) is 30.3 Å². The van der Waals surface area contributed by atoms with Crippen molar-refractivity contribution in [2.45, 2.75) is 50.5 Å². The van der Waals surface area contributed by atoms with Crippen molar-refractivity contribution in [3.8, 4) is 0 Å². The lowest BCUT2D eigenvalue weighted by molar-refractivity contribution is -0.345. The summed E-state index contributed by atoms with van der Waals surface area (Å²) in [6, 6.07) is 18.4. The summed E-state index contributed by atoms with van der Waals surface area (Å²) >= 11 is 0. The van der Waals surface area contributed by atoms with Crippen molar-refractivity contribution in [2.75, 3.05) is 6.61 Å². The molecular weight excluding hydrogens is 374 g/mol. The van der Waals surface area contributed by atoms with Gasteiger partial charge in [0.15, 0.2) is 12.6 Å². The summed E-state index contributed by atoms with van der Waals surface area (Å²) < 4.78 is 23.8. The van der Waals surface area contributed by atoms with Gasteiger partial charge in [-0.05, 0) is 5.56 Å². The number of benzene rings is 2. The fraction of sp³-hybridized carbons (Fsp3) is 0.409. The summed E-state index contributed by atoms with van der Waals surface area (Å²) in [5.74, 6) is -0.281. The van der Waals surface area contributed by atoms with Crippen LogP contribution in [-0.4, -0.2) is 48.3 Å². The second kappa shape index (κ2) is 9.02. The molecule has 154 valence electrons. The van der Waals surface area contributed by atoms with Crippen LogP contribution in [0.15, 0.2) is 60.7 Å². The number of nitrogens with one attached hydrogen (secondary N) is 1. The molecule has 2 aromatic carbocycles. The van der Waals surface area contributed by atoms with Gasteiger partial charge in [-0.1, -0.05) is 60.7 Å². The Morgan fingerprint density at radius 2 is 1.79 bits per heavy atom. The van der Waals surface area contributed by atoms with E-state index in [1.807, 2.05) is 60.7 Å². The molecule has 2 fully saturated rings. The average Bonchev–Trinajstić information content (AvgIpc) is 2.75. The van der Waals surface area contributed by atoms with Crippen LogP contribution in [0.4, 0.5) is 0 Å². The molecule has 0 radical (unpaired) electrons. The quantitative estimate of drug-likeness (QED) is 0.799. The van der Waals surface area contributed by atoms with Crippen molar-refractivity contribution in [3.63, 3.8) is 0 Å². The molecular formula is C22H25NO6. The van der Waals surface area contributed by atoms with Gasteiger partial charge < -0.3 is 29.4 Å². The Morgan fingerprint density at radius 1 is 1.10 bits per heavy atom. The zero-order chi connectivity index (χ0) is 20.2. The molecule has 3 unspecified atom stereocenters. The Labute approximate surface area is 169 Å². The normalized spacial score (nSPS) is 31.7. The zero-order valence-corrected chi connectivity index (χ0v) is 16.1. The van der Waals surface area contributed by atoms with Crippen LogP contribution >= 0.6 is 0 Å². The predicted molar refractivity (Wildman–Crippen MR) is 104 cm³/mol. The van der Waals surface area contributed by atoms with Gasteiger partial charge in [0.1, 0.15) is 24.4 Å². The van der Waals surface area contributed by atoms with E-state index in [2.05, 4.69) is 5.32 Å². The van der Waals surface area contributed by atoms with Crippen LogP contribution in [0.3, 0.4) is 0 Å². The van der Waals surface area contributed by atoms with Gasteiger partial charge in [0, 0.05) is 12.5 Å². The van der Waals surface area contributed by atoms with Crippen LogP contribution in [0.5, 0.6) is 0 Å². The molecule has 2 aliphatic heterocycles. The second-order valence-electron chi connectivity index (χ2n) is 7.23. The van der Waals surface area contributed by atoms with Gasteiger partial charge in [-0.25, -0.2) is 0 Å². The van der Waals surface area contributed by atoms with E-state index in [0.717, 1.165) is 11.1 Å². The summed E-state index contributed by atoms with van der Waals surface area (Å²) in [7, 11) is 0. The van der Waals surface area contributed by atoms with Gasteiger partial charge in [0.25, 0.3) is 0 Å². The van der Waals surface area contributed by atoms with E-state index in [4.69, 9.17) is 18.9 Å². The lowest BCUT2D eigenvalue weighted by atomic mass is 9.95. The minimum atomic E-state index is -1.01. The molecule has 7 heteroatoms. The van der Waals surface area contributed by atoms with Gasteiger partial charge in [0.05, 0.1) is 13.2 Å². The van der Waals surface area contributed by atoms with Gasteiger partial charge in [-0.15, -0.1) is 0 Å². The summed E-state index contributed by atoms with van der Waals surface area (Å²) in [5.41, 5.74) is 1.83. The third kappa shape index (κ3) is 4.66. The first-order valence-corrected chi connectivity index (χ1v) is 9.70. The number of amides is 1. The van der Waals surface area contributed by atoms with E-state index < -0.39 is 36.9 Å². The zero-order valence-electron chi connectivity index (χ0n) is 16.1. The van der Waals surface area contributed by atoms with Gasteiger partial charge in [-0.3, -0.25) is 4.79 Å². The number of rotatable bonds is 5. The lowest BCUT2D eigenvalue weighted by Gasteiger charge is -2.47. The molecule has 6 atom stereocenters. The molecule has 0 spiro atoms. The van der Waals surface area contributed by atoms with Crippen LogP contribution in [0.2, 0.25) is 0 Å². The minimum absolute atomic E-state index is 0.249. The number of aliphatic hydroxyl groups excluding tert-OH is 1. The number of carbonyl (C=O) groups excluding carboxylic acids is 1. The Bertz CT molecular complexity index is 801. The predicted octanol–water partition coefficient (Wildman–Crippen LogP) is 1.91. The maximum absolute atomic E-state index is 11.7. The fourth-order valence-corrected chi connectivity index (χ4v) is 3.65. The smallest absolute Gasteiger partial charge is 0.217 e. The monoisotopic (exact) mass is 399 g/mol. The molecule has 0 aromatic heterocycles. The first-order chi connectivity index (χ1) is 14.1. The van der Waals surface area contributed by atoms with Crippen LogP contribution in [0, 0.1) is 0 Å². The molecule has 2 N–H and O–H groups in total. The van der Waals surface area contributed by atoms with Crippen LogP contribution < -0.4 is 5.32 Å². The number of hydrogen-bond donors (Lipinski definition) is 2. The Balaban J connectivity index is 1.48. The van der Waals surface area contributed by atoms with Crippen LogP contribution in [0.25, 0.3) is 0 Å².